The van der Waals surface area contributed by atoms with Crippen LogP contribution in [0.25, 0.3) is 0 Å². The van der Waals surface area contributed by atoms with E-state index in [2.05, 4.69) is 31.4 Å². The summed E-state index contributed by atoms with van der Waals surface area (Å²) >= 11 is 20.8. The fourth-order valence-corrected chi connectivity index (χ4v) is 2.31. The van der Waals surface area contributed by atoms with Crippen molar-refractivity contribution >= 4 is 68.5 Å². The molecule has 1 aromatic carbocycles. The van der Waals surface area contributed by atoms with Crippen LogP contribution in [0.15, 0.2) is 33.8 Å². The van der Waals surface area contributed by atoms with Gasteiger partial charge in [-0.25, -0.2) is 10.4 Å². The summed E-state index contributed by atoms with van der Waals surface area (Å²) in [6.07, 6.45) is 1.47. The van der Waals surface area contributed by atoms with Gasteiger partial charge >= 0.3 is 0 Å². The van der Waals surface area contributed by atoms with Crippen LogP contribution in [-0.4, -0.2) is 17.1 Å². The van der Waals surface area contributed by atoms with Crippen molar-refractivity contribution in [2.45, 2.75) is 0 Å². The topological polar surface area (TPSA) is 80.4 Å². The first-order valence-electron chi connectivity index (χ1n) is 5.79. The van der Waals surface area contributed by atoms with Gasteiger partial charge in [-0.05, 0) is 17.7 Å². The molecule has 0 aliphatic carbocycles. The lowest BCUT2D eigenvalue weighted by Gasteiger charge is -2.07. The number of hydrogen-bond donors (Lipinski definition) is 2. The van der Waals surface area contributed by atoms with Crippen molar-refractivity contribution < 1.29 is 4.79 Å². The molecule has 5 nitrogen and oxygen atoms in total. The molecule has 0 saturated carbocycles. The van der Waals surface area contributed by atoms with Crippen molar-refractivity contribution in [1.29, 1.82) is 0 Å². The van der Waals surface area contributed by atoms with E-state index in [4.69, 9.17) is 40.5 Å². The van der Waals surface area contributed by atoms with Crippen LogP contribution >= 0.6 is 50.7 Å². The molecule has 0 bridgehead atoms. The standard InChI is InChI=1S/C13H8BrCl3N4O/c14-7-3-1-6(2-4-7)5-19-21-13(22)11-8(15)10(18)9(16)12(17)20-11/h1-5H,(H2,18,20)(H,21,22)/b19-5+. The zero-order chi connectivity index (χ0) is 16.3. The lowest BCUT2D eigenvalue weighted by atomic mass is 10.2. The van der Waals surface area contributed by atoms with Crippen LogP contribution in [0.2, 0.25) is 15.2 Å². The first-order valence-corrected chi connectivity index (χ1v) is 7.71. The number of carbonyl (C=O) groups is 1. The monoisotopic (exact) mass is 420 g/mol. The number of hydrazone groups is 1. The average molecular weight is 422 g/mol. The van der Waals surface area contributed by atoms with Crippen LogP contribution in [0.3, 0.4) is 0 Å². The number of carbonyl (C=O) groups excluding carboxylic acids is 1. The summed E-state index contributed by atoms with van der Waals surface area (Å²) in [6.45, 7) is 0. The maximum absolute atomic E-state index is 12.0. The van der Waals surface area contributed by atoms with Crippen molar-refractivity contribution in [3.05, 3.63) is 55.2 Å². The molecule has 114 valence electrons. The third-order valence-corrected chi connectivity index (χ3v) is 4.20. The minimum Gasteiger partial charge on any atom is -0.396 e. The number of aromatic nitrogens is 1. The number of nitrogens with two attached hydrogens (primary N) is 1. The zero-order valence-corrected chi connectivity index (χ0v) is 14.6. The summed E-state index contributed by atoms with van der Waals surface area (Å²) in [5.41, 5.74) is 8.58. The highest BCUT2D eigenvalue weighted by Gasteiger charge is 2.19. The van der Waals surface area contributed by atoms with E-state index in [1.807, 2.05) is 24.3 Å². The fourth-order valence-electron chi connectivity index (χ4n) is 1.45. The summed E-state index contributed by atoms with van der Waals surface area (Å²) in [6, 6.07) is 7.34. The van der Waals surface area contributed by atoms with Gasteiger partial charge in [0.25, 0.3) is 5.91 Å². The molecule has 9 heteroatoms. The smallest absolute Gasteiger partial charge is 0.291 e. The molecule has 0 radical (unpaired) electrons. The van der Waals surface area contributed by atoms with Gasteiger partial charge in [0.05, 0.1) is 16.9 Å². The molecular formula is C13H8BrCl3N4O. The maximum Gasteiger partial charge on any atom is 0.291 e. The van der Waals surface area contributed by atoms with Crippen LogP contribution in [0.4, 0.5) is 5.69 Å². The Kier molecular flexibility index (Phi) is 5.63. The number of anilines is 1. The van der Waals surface area contributed by atoms with Crippen LogP contribution in [0.1, 0.15) is 16.1 Å². The molecule has 0 atom stereocenters. The normalized spacial score (nSPS) is 10.9. The molecule has 0 saturated heterocycles. The summed E-state index contributed by atoms with van der Waals surface area (Å²) in [5, 5.41) is 3.63. The van der Waals surface area contributed by atoms with E-state index >= 15 is 0 Å². The molecule has 0 spiro atoms. The Morgan fingerprint density at radius 3 is 2.50 bits per heavy atom. The van der Waals surface area contributed by atoms with Gasteiger partial charge < -0.3 is 5.73 Å². The average Bonchev–Trinajstić information content (AvgIpc) is 2.50. The van der Waals surface area contributed by atoms with Gasteiger partial charge in [0, 0.05) is 4.47 Å². The number of rotatable bonds is 3. The molecule has 0 aliphatic rings. The Bertz CT molecular complexity index is 750. The number of nitrogen functional groups attached to an aromatic ring is 1. The Hall–Kier alpha value is -1.34. The highest BCUT2D eigenvalue weighted by atomic mass is 79.9. The number of halogens is 4. The van der Waals surface area contributed by atoms with Crippen LogP contribution in [-0.2, 0) is 0 Å². The van der Waals surface area contributed by atoms with Crippen molar-refractivity contribution in [3.8, 4) is 0 Å². The van der Waals surface area contributed by atoms with Gasteiger partial charge in [0.2, 0.25) is 0 Å². The molecule has 0 unspecified atom stereocenters. The third kappa shape index (κ3) is 3.89. The Labute approximate surface area is 149 Å². The number of amides is 1. The van der Waals surface area contributed by atoms with Gasteiger partial charge in [0.1, 0.15) is 5.02 Å². The first kappa shape index (κ1) is 17.0. The molecule has 1 amide bonds. The molecule has 0 fully saturated rings. The van der Waals surface area contributed by atoms with Crippen molar-refractivity contribution in [2.24, 2.45) is 5.10 Å². The second-order valence-corrected chi connectivity index (χ2v) is 6.07. The minimum atomic E-state index is -0.649. The predicted octanol–water partition coefficient (Wildman–Crippen LogP) is 4.15. The maximum atomic E-state index is 12.0. The van der Waals surface area contributed by atoms with E-state index < -0.39 is 5.91 Å². The van der Waals surface area contributed by atoms with E-state index in [9.17, 15) is 4.79 Å². The van der Waals surface area contributed by atoms with Crippen molar-refractivity contribution in [3.63, 3.8) is 0 Å². The Morgan fingerprint density at radius 1 is 1.23 bits per heavy atom. The quantitative estimate of drug-likeness (QED) is 0.443. The van der Waals surface area contributed by atoms with E-state index in [0.717, 1.165) is 10.0 Å². The second-order valence-electron chi connectivity index (χ2n) is 4.04. The van der Waals surface area contributed by atoms with Gasteiger partial charge in [-0.1, -0.05) is 62.9 Å². The van der Waals surface area contributed by atoms with E-state index in [1.165, 1.54) is 6.21 Å². The predicted molar refractivity (Wildman–Crippen MR) is 92.9 cm³/mol. The number of nitrogens with zero attached hydrogens (tertiary/aromatic N) is 2. The Morgan fingerprint density at radius 2 is 1.86 bits per heavy atom. The number of pyridine rings is 1. The molecule has 1 aromatic heterocycles. The van der Waals surface area contributed by atoms with Gasteiger partial charge in [0.15, 0.2) is 10.8 Å². The van der Waals surface area contributed by atoms with Gasteiger partial charge in [-0.2, -0.15) is 5.10 Å². The molecule has 1 heterocycles. The third-order valence-electron chi connectivity index (χ3n) is 2.54. The fraction of sp³-hybridized carbons (Fsp3) is 0. The summed E-state index contributed by atoms with van der Waals surface area (Å²) < 4.78 is 0.941. The lowest BCUT2D eigenvalue weighted by Crippen LogP contribution is -2.20. The van der Waals surface area contributed by atoms with Crippen LogP contribution < -0.4 is 11.2 Å². The number of nitrogens with one attached hydrogen (secondary N) is 1. The second kappa shape index (κ2) is 7.28. The van der Waals surface area contributed by atoms with Crippen LogP contribution in [0.5, 0.6) is 0 Å². The van der Waals surface area contributed by atoms with E-state index in [-0.39, 0.29) is 26.6 Å². The zero-order valence-electron chi connectivity index (χ0n) is 10.8. The lowest BCUT2D eigenvalue weighted by molar-refractivity contribution is 0.0950. The van der Waals surface area contributed by atoms with Gasteiger partial charge in [-0.15, -0.1) is 0 Å². The van der Waals surface area contributed by atoms with Gasteiger partial charge in [-0.3, -0.25) is 4.79 Å². The minimum absolute atomic E-state index is 0.00146. The highest BCUT2D eigenvalue weighted by molar-refractivity contribution is 9.10. The first-order chi connectivity index (χ1) is 10.4. The van der Waals surface area contributed by atoms with E-state index in [1.54, 1.807) is 0 Å². The molecule has 2 aromatic rings. The largest absolute Gasteiger partial charge is 0.396 e. The number of benzene rings is 1. The van der Waals surface area contributed by atoms with Crippen molar-refractivity contribution in [2.75, 3.05) is 5.73 Å². The summed E-state index contributed by atoms with van der Waals surface area (Å²) in [4.78, 5) is 15.8. The van der Waals surface area contributed by atoms with E-state index in [0.29, 0.717) is 0 Å². The molecule has 0 aliphatic heterocycles. The number of hydrogen-bond acceptors (Lipinski definition) is 4. The Balaban J connectivity index is 2.15. The van der Waals surface area contributed by atoms with Crippen molar-refractivity contribution in [1.82, 2.24) is 10.4 Å². The molecule has 22 heavy (non-hydrogen) atoms. The summed E-state index contributed by atoms with van der Waals surface area (Å²) in [5.74, 6) is -0.649. The molecule has 3 N–H and O–H groups in total. The summed E-state index contributed by atoms with van der Waals surface area (Å²) in [7, 11) is 0. The SMILES string of the molecule is Nc1c(Cl)c(Cl)nc(C(=O)N/N=C/c2ccc(Br)cc2)c1Cl. The molecule has 2 rings (SSSR count). The molecular weight excluding hydrogens is 414 g/mol. The highest BCUT2D eigenvalue weighted by Crippen LogP contribution is 2.34. The van der Waals surface area contributed by atoms with Crippen LogP contribution in [0, 0.1) is 0 Å².